The van der Waals surface area contributed by atoms with Gasteiger partial charge in [0.05, 0.1) is 39.6 Å². The Morgan fingerprint density at radius 1 is 0.824 bits per heavy atom. The monoisotopic (exact) mass is 250 g/mol. The van der Waals surface area contributed by atoms with Gasteiger partial charge in [0.15, 0.2) is 0 Å². The predicted molar refractivity (Wildman–Crippen MR) is 61.2 cm³/mol. The molecule has 0 heterocycles. The molecule has 0 aliphatic heterocycles. The Morgan fingerprint density at radius 3 is 1.65 bits per heavy atom. The average Bonchev–Trinajstić information content (AvgIpc) is 2.30. The third-order valence-corrected chi connectivity index (χ3v) is 1.69. The van der Waals surface area contributed by atoms with Gasteiger partial charge in [0.1, 0.15) is 6.61 Å². The maximum Gasteiger partial charge on any atom is 0.329 e. The topological polar surface area (TPSA) is 74.2 Å². The van der Waals surface area contributed by atoms with Gasteiger partial charge < -0.3 is 24.1 Å². The van der Waals surface area contributed by atoms with Crippen molar-refractivity contribution in [2.45, 2.75) is 13.3 Å². The van der Waals surface area contributed by atoms with Crippen LogP contribution >= 0.6 is 0 Å². The number of rotatable bonds is 13. The molecule has 17 heavy (non-hydrogen) atoms. The highest BCUT2D eigenvalue weighted by atomic mass is 16.6. The van der Waals surface area contributed by atoms with E-state index in [1.807, 2.05) is 0 Å². The molecule has 0 rings (SSSR count). The van der Waals surface area contributed by atoms with Gasteiger partial charge in [0.25, 0.3) is 0 Å². The molecule has 6 heteroatoms. The number of carboxylic acids is 1. The van der Waals surface area contributed by atoms with E-state index in [9.17, 15) is 4.79 Å². The summed E-state index contributed by atoms with van der Waals surface area (Å²) in [5.74, 6) is -0.972. The fraction of sp³-hybridized carbons (Fsp3) is 0.909. The fourth-order valence-corrected chi connectivity index (χ4v) is 0.964. The second kappa shape index (κ2) is 13.4. The zero-order valence-corrected chi connectivity index (χ0v) is 10.4. The largest absolute Gasteiger partial charge is 0.480 e. The zero-order chi connectivity index (χ0) is 12.8. The van der Waals surface area contributed by atoms with Crippen molar-refractivity contribution in [1.29, 1.82) is 0 Å². The number of hydrogen-bond acceptors (Lipinski definition) is 5. The molecule has 0 aromatic rings. The molecule has 0 aliphatic rings. The Balaban J connectivity index is 2.91. The van der Waals surface area contributed by atoms with Gasteiger partial charge in [-0.15, -0.1) is 0 Å². The molecule has 0 aliphatic carbocycles. The van der Waals surface area contributed by atoms with Crippen molar-refractivity contribution in [3.63, 3.8) is 0 Å². The lowest BCUT2D eigenvalue weighted by atomic mass is 10.5. The van der Waals surface area contributed by atoms with E-state index >= 15 is 0 Å². The molecule has 0 aromatic heterocycles. The third kappa shape index (κ3) is 15.3. The molecular weight excluding hydrogens is 228 g/mol. The number of carboxylic acid groups (broad SMARTS) is 1. The van der Waals surface area contributed by atoms with Crippen molar-refractivity contribution in [1.82, 2.24) is 0 Å². The van der Waals surface area contributed by atoms with Crippen molar-refractivity contribution in [2.24, 2.45) is 0 Å². The molecular formula is C11H22O6. The Bertz CT molecular complexity index is 173. The van der Waals surface area contributed by atoms with Crippen molar-refractivity contribution >= 4 is 5.97 Å². The Kier molecular flexibility index (Phi) is 12.8. The molecule has 0 saturated heterocycles. The third-order valence-electron chi connectivity index (χ3n) is 1.69. The highest BCUT2D eigenvalue weighted by Crippen LogP contribution is 1.84. The summed E-state index contributed by atoms with van der Waals surface area (Å²) in [7, 11) is 0. The molecule has 0 unspecified atom stereocenters. The summed E-state index contributed by atoms with van der Waals surface area (Å²) in [5.41, 5.74) is 0. The van der Waals surface area contributed by atoms with E-state index in [1.165, 1.54) is 0 Å². The van der Waals surface area contributed by atoms with Gasteiger partial charge in [0, 0.05) is 6.61 Å². The smallest absolute Gasteiger partial charge is 0.329 e. The van der Waals surface area contributed by atoms with Gasteiger partial charge in [-0.05, 0) is 6.42 Å². The molecule has 1 N–H and O–H groups in total. The van der Waals surface area contributed by atoms with Gasteiger partial charge in [-0.3, -0.25) is 0 Å². The lowest BCUT2D eigenvalue weighted by Crippen LogP contribution is -2.14. The van der Waals surface area contributed by atoms with E-state index in [2.05, 4.69) is 6.92 Å². The van der Waals surface area contributed by atoms with Crippen molar-refractivity contribution in [3.05, 3.63) is 0 Å². The van der Waals surface area contributed by atoms with Gasteiger partial charge in [-0.2, -0.15) is 0 Å². The standard InChI is InChI=1S/C11H22O6/c1-2-3-14-4-5-15-6-7-16-8-9-17-10-11(12)13/h2-10H2,1H3,(H,12,13). The Morgan fingerprint density at radius 2 is 1.24 bits per heavy atom. The van der Waals surface area contributed by atoms with Crippen molar-refractivity contribution < 1.29 is 28.8 Å². The van der Waals surface area contributed by atoms with Crippen LogP contribution in [0.15, 0.2) is 0 Å². The first kappa shape index (κ1) is 16.3. The first-order chi connectivity index (χ1) is 8.27. The SMILES string of the molecule is CCCOCCOCCOCCOCC(=O)O. The first-order valence-electron chi connectivity index (χ1n) is 5.80. The van der Waals surface area contributed by atoms with Crippen LogP contribution < -0.4 is 0 Å². The molecule has 6 nitrogen and oxygen atoms in total. The number of hydrogen-bond donors (Lipinski definition) is 1. The highest BCUT2D eigenvalue weighted by molar-refractivity contribution is 5.67. The minimum atomic E-state index is -0.972. The van der Waals surface area contributed by atoms with E-state index in [0.717, 1.165) is 13.0 Å². The summed E-state index contributed by atoms with van der Waals surface area (Å²) in [4.78, 5) is 10.1. The molecule has 0 fully saturated rings. The first-order valence-corrected chi connectivity index (χ1v) is 5.80. The average molecular weight is 250 g/mol. The second-order valence-corrected chi connectivity index (χ2v) is 3.28. The van der Waals surface area contributed by atoms with Crippen LogP contribution in [0.4, 0.5) is 0 Å². The van der Waals surface area contributed by atoms with Gasteiger partial charge in [0.2, 0.25) is 0 Å². The van der Waals surface area contributed by atoms with E-state index in [4.69, 9.17) is 24.1 Å². The molecule has 0 bridgehead atoms. The molecule has 102 valence electrons. The lowest BCUT2D eigenvalue weighted by molar-refractivity contribution is -0.142. The summed E-state index contributed by atoms with van der Waals surface area (Å²) in [6, 6.07) is 0. The molecule has 0 spiro atoms. The normalized spacial score (nSPS) is 10.6. The summed E-state index contributed by atoms with van der Waals surface area (Å²) >= 11 is 0. The van der Waals surface area contributed by atoms with Crippen LogP contribution in [0.2, 0.25) is 0 Å². The van der Waals surface area contributed by atoms with Crippen LogP contribution in [0.5, 0.6) is 0 Å². The van der Waals surface area contributed by atoms with Crippen LogP contribution in [0.25, 0.3) is 0 Å². The van der Waals surface area contributed by atoms with E-state index < -0.39 is 5.97 Å². The zero-order valence-electron chi connectivity index (χ0n) is 10.4. The minimum Gasteiger partial charge on any atom is -0.480 e. The van der Waals surface area contributed by atoms with Gasteiger partial charge in [-0.25, -0.2) is 4.79 Å². The van der Waals surface area contributed by atoms with Crippen LogP contribution in [0.3, 0.4) is 0 Å². The lowest BCUT2D eigenvalue weighted by Gasteiger charge is -2.06. The predicted octanol–water partition coefficient (Wildman–Crippen LogP) is 0.547. The number of carbonyl (C=O) groups is 1. The van der Waals surface area contributed by atoms with Crippen molar-refractivity contribution in [3.8, 4) is 0 Å². The molecule has 0 atom stereocenters. The quantitative estimate of drug-likeness (QED) is 0.481. The van der Waals surface area contributed by atoms with E-state index in [0.29, 0.717) is 33.0 Å². The summed E-state index contributed by atoms with van der Waals surface area (Å²) in [5, 5.41) is 8.28. The van der Waals surface area contributed by atoms with Crippen molar-refractivity contribution in [2.75, 3.05) is 52.9 Å². The Hall–Kier alpha value is -0.690. The Labute approximate surface area is 102 Å². The minimum absolute atomic E-state index is 0.283. The molecule has 0 amide bonds. The van der Waals surface area contributed by atoms with Gasteiger partial charge >= 0.3 is 5.97 Å². The number of aliphatic carboxylic acids is 1. The molecule has 0 saturated carbocycles. The maximum absolute atomic E-state index is 10.1. The van der Waals surface area contributed by atoms with Crippen LogP contribution in [-0.4, -0.2) is 63.9 Å². The second-order valence-electron chi connectivity index (χ2n) is 3.28. The van der Waals surface area contributed by atoms with Crippen LogP contribution in [0.1, 0.15) is 13.3 Å². The van der Waals surface area contributed by atoms with Gasteiger partial charge in [-0.1, -0.05) is 6.92 Å². The highest BCUT2D eigenvalue weighted by Gasteiger charge is 1.95. The van der Waals surface area contributed by atoms with E-state index in [-0.39, 0.29) is 13.2 Å². The van der Waals surface area contributed by atoms with E-state index in [1.54, 1.807) is 0 Å². The molecule has 0 radical (unpaired) electrons. The number of ether oxygens (including phenoxy) is 4. The maximum atomic E-state index is 10.1. The molecule has 0 aromatic carbocycles. The fourth-order valence-electron chi connectivity index (χ4n) is 0.964. The van der Waals surface area contributed by atoms with Crippen LogP contribution in [-0.2, 0) is 23.7 Å². The summed E-state index contributed by atoms with van der Waals surface area (Å²) in [6.07, 6.45) is 1.01. The summed E-state index contributed by atoms with van der Waals surface area (Å²) in [6.45, 7) is 5.36. The van der Waals surface area contributed by atoms with Crippen LogP contribution in [0, 0.1) is 0 Å². The summed E-state index contributed by atoms with van der Waals surface area (Å²) < 4.78 is 20.4.